The largest absolute Gasteiger partial charge is 0.484 e. The summed E-state index contributed by atoms with van der Waals surface area (Å²) < 4.78 is 5.87. The van der Waals surface area contributed by atoms with Crippen LogP contribution in [0.2, 0.25) is 0 Å². The van der Waals surface area contributed by atoms with Gasteiger partial charge in [0.2, 0.25) is 0 Å². The molecular weight excluding hydrogens is 204 g/mol. The van der Waals surface area contributed by atoms with Gasteiger partial charge in [-0.15, -0.1) is 0 Å². The Kier molecular flexibility index (Phi) is 2.68. The van der Waals surface area contributed by atoms with Crippen molar-refractivity contribution in [3.05, 3.63) is 18.2 Å². The molecule has 0 saturated heterocycles. The van der Waals surface area contributed by atoms with E-state index >= 15 is 0 Å². The molecule has 3 N–H and O–H groups in total. The first kappa shape index (κ1) is 11.1. The molecule has 0 amide bonds. The Morgan fingerprint density at radius 1 is 1.50 bits per heavy atom. The molecular formula is C12H18N2O2. The van der Waals surface area contributed by atoms with E-state index < -0.39 is 0 Å². The zero-order chi connectivity index (χ0) is 11.8. The number of aliphatic hydroxyl groups excluding tert-OH is 1. The Labute approximate surface area is 95.6 Å². The number of aliphatic hydroxyl groups is 1. The smallest absolute Gasteiger partial charge is 0.143 e. The lowest BCUT2D eigenvalue weighted by Gasteiger charge is -2.40. The first-order valence-corrected chi connectivity index (χ1v) is 5.46. The van der Waals surface area contributed by atoms with Crippen LogP contribution in [0, 0.1) is 0 Å². The SMILES string of the molecule is CC1(C)CN(CCO)c2cc(N)ccc2O1. The van der Waals surface area contributed by atoms with Crippen molar-refractivity contribution in [3.8, 4) is 5.75 Å². The molecule has 1 aliphatic heterocycles. The number of benzene rings is 1. The van der Waals surface area contributed by atoms with Crippen LogP contribution >= 0.6 is 0 Å². The quantitative estimate of drug-likeness (QED) is 0.739. The van der Waals surface area contributed by atoms with Gasteiger partial charge in [0.15, 0.2) is 0 Å². The summed E-state index contributed by atoms with van der Waals surface area (Å²) in [6.07, 6.45) is 0. The topological polar surface area (TPSA) is 58.7 Å². The van der Waals surface area contributed by atoms with Gasteiger partial charge in [0.25, 0.3) is 0 Å². The van der Waals surface area contributed by atoms with Crippen molar-refractivity contribution < 1.29 is 9.84 Å². The molecule has 0 atom stereocenters. The van der Waals surface area contributed by atoms with Gasteiger partial charge in [-0.3, -0.25) is 0 Å². The Balaban J connectivity index is 2.39. The summed E-state index contributed by atoms with van der Waals surface area (Å²) in [6, 6.07) is 5.60. The average molecular weight is 222 g/mol. The molecule has 4 nitrogen and oxygen atoms in total. The number of nitrogens with two attached hydrogens (primary N) is 1. The van der Waals surface area contributed by atoms with E-state index in [1.165, 1.54) is 0 Å². The minimum absolute atomic E-state index is 0.129. The van der Waals surface area contributed by atoms with Crippen molar-refractivity contribution in [2.45, 2.75) is 19.4 Å². The highest BCUT2D eigenvalue weighted by Crippen LogP contribution is 2.37. The minimum Gasteiger partial charge on any atom is -0.484 e. The van der Waals surface area contributed by atoms with Crippen molar-refractivity contribution in [1.82, 2.24) is 0 Å². The summed E-state index contributed by atoms with van der Waals surface area (Å²) in [5, 5.41) is 9.07. The fourth-order valence-corrected chi connectivity index (χ4v) is 2.06. The zero-order valence-electron chi connectivity index (χ0n) is 9.73. The molecule has 4 heteroatoms. The third-order valence-electron chi connectivity index (χ3n) is 2.65. The first-order valence-electron chi connectivity index (χ1n) is 5.46. The molecule has 1 heterocycles. The van der Waals surface area contributed by atoms with Crippen molar-refractivity contribution in [2.24, 2.45) is 0 Å². The van der Waals surface area contributed by atoms with Crippen molar-refractivity contribution in [1.29, 1.82) is 0 Å². The van der Waals surface area contributed by atoms with Gasteiger partial charge < -0.3 is 20.5 Å². The number of rotatable bonds is 2. The van der Waals surface area contributed by atoms with Gasteiger partial charge in [0.05, 0.1) is 18.8 Å². The summed E-state index contributed by atoms with van der Waals surface area (Å²) >= 11 is 0. The predicted octanol–water partition coefficient (Wildman–Crippen LogP) is 1.24. The molecule has 0 bridgehead atoms. The van der Waals surface area contributed by atoms with E-state index in [9.17, 15) is 0 Å². The molecule has 2 rings (SSSR count). The lowest BCUT2D eigenvalue weighted by Crippen LogP contribution is -2.47. The maximum absolute atomic E-state index is 9.07. The molecule has 0 aromatic heterocycles. The van der Waals surface area contributed by atoms with E-state index in [4.69, 9.17) is 15.6 Å². The summed E-state index contributed by atoms with van der Waals surface area (Å²) in [7, 11) is 0. The highest BCUT2D eigenvalue weighted by atomic mass is 16.5. The second kappa shape index (κ2) is 3.87. The average Bonchev–Trinajstić information content (AvgIpc) is 2.18. The van der Waals surface area contributed by atoms with Crippen molar-refractivity contribution in [2.75, 3.05) is 30.3 Å². The highest BCUT2D eigenvalue weighted by molar-refractivity contribution is 5.66. The highest BCUT2D eigenvalue weighted by Gasteiger charge is 2.31. The zero-order valence-corrected chi connectivity index (χ0v) is 9.73. The molecule has 88 valence electrons. The van der Waals surface area contributed by atoms with Gasteiger partial charge in [-0.25, -0.2) is 0 Å². The number of hydrogen-bond donors (Lipinski definition) is 2. The number of anilines is 2. The van der Waals surface area contributed by atoms with Crippen LogP contribution in [-0.2, 0) is 0 Å². The van der Waals surface area contributed by atoms with E-state index in [0.29, 0.717) is 12.2 Å². The Morgan fingerprint density at radius 2 is 2.25 bits per heavy atom. The molecule has 0 unspecified atom stereocenters. The van der Waals surface area contributed by atoms with Crippen LogP contribution in [0.25, 0.3) is 0 Å². The number of nitrogens with zero attached hydrogens (tertiary/aromatic N) is 1. The second-order valence-corrected chi connectivity index (χ2v) is 4.73. The van der Waals surface area contributed by atoms with Crippen LogP contribution in [0.5, 0.6) is 5.75 Å². The third-order valence-corrected chi connectivity index (χ3v) is 2.65. The van der Waals surface area contributed by atoms with Crippen LogP contribution in [-0.4, -0.2) is 30.4 Å². The van der Waals surface area contributed by atoms with Gasteiger partial charge in [-0.05, 0) is 32.0 Å². The fraction of sp³-hybridized carbons (Fsp3) is 0.500. The Morgan fingerprint density at radius 3 is 2.94 bits per heavy atom. The van der Waals surface area contributed by atoms with Gasteiger partial charge in [0, 0.05) is 12.2 Å². The molecule has 1 aromatic rings. The number of nitrogen functional groups attached to an aromatic ring is 1. The minimum atomic E-state index is -0.238. The van der Waals surface area contributed by atoms with E-state index in [-0.39, 0.29) is 12.2 Å². The summed E-state index contributed by atoms with van der Waals surface area (Å²) in [5.41, 5.74) is 7.20. The second-order valence-electron chi connectivity index (χ2n) is 4.73. The van der Waals surface area contributed by atoms with Gasteiger partial charge in [0.1, 0.15) is 11.4 Å². The molecule has 0 spiro atoms. The van der Waals surface area contributed by atoms with Gasteiger partial charge in [-0.2, -0.15) is 0 Å². The van der Waals surface area contributed by atoms with E-state index in [1.54, 1.807) is 0 Å². The predicted molar refractivity (Wildman–Crippen MR) is 64.9 cm³/mol. The fourth-order valence-electron chi connectivity index (χ4n) is 2.06. The first-order chi connectivity index (χ1) is 7.52. The molecule has 1 aromatic carbocycles. The number of β-amino-alcohol motifs (C(OH)–C–C–N with tert-alkyl or cyclic N) is 1. The summed E-state index contributed by atoms with van der Waals surface area (Å²) in [4.78, 5) is 2.11. The molecule has 0 aliphatic carbocycles. The molecule has 0 radical (unpaired) electrons. The molecule has 0 saturated carbocycles. The van der Waals surface area contributed by atoms with Crippen LogP contribution in [0.3, 0.4) is 0 Å². The maximum atomic E-state index is 9.07. The van der Waals surface area contributed by atoms with E-state index in [0.717, 1.165) is 18.0 Å². The maximum Gasteiger partial charge on any atom is 0.143 e. The number of ether oxygens (including phenoxy) is 1. The summed E-state index contributed by atoms with van der Waals surface area (Å²) in [6.45, 7) is 5.56. The van der Waals surface area contributed by atoms with Crippen LogP contribution in [0.15, 0.2) is 18.2 Å². The number of fused-ring (bicyclic) bond motifs is 1. The van der Waals surface area contributed by atoms with Crippen molar-refractivity contribution >= 4 is 11.4 Å². The Bertz CT molecular complexity index is 391. The van der Waals surface area contributed by atoms with Crippen LogP contribution in [0.4, 0.5) is 11.4 Å². The van der Waals surface area contributed by atoms with E-state index in [2.05, 4.69) is 4.90 Å². The van der Waals surface area contributed by atoms with Crippen molar-refractivity contribution in [3.63, 3.8) is 0 Å². The molecule has 1 aliphatic rings. The lowest BCUT2D eigenvalue weighted by atomic mass is 10.0. The Hall–Kier alpha value is -1.42. The number of hydrogen-bond acceptors (Lipinski definition) is 4. The molecule has 0 fully saturated rings. The normalized spacial score (nSPS) is 17.8. The van der Waals surface area contributed by atoms with E-state index in [1.807, 2.05) is 32.0 Å². The standard InChI is InChI=1S/C12H18N2O2/c1-12(2)8-14(5-6-15)10-7-9(13)3-4-11(10)16-12/h3-4,7,15H,5-6,8,13H2,1-2H3. The van der Waals surface area contributed by atoms with Crippen LogP contribution < -0.4 is 15.4 Å². The molecule has 16 heavy (non-hydrogen) atoms. The lowest BCUT2D eigenvalue weighted by molar-refractivity contribution is 0.103. The monoisotopic (exact) mass is 222 g/mol. The van der Waals surface area contributed by atoms with Gasteiger partial charge in [-0.1, -0.05) is 0 Å². The van der Waals surface area contributed by atoms with Crippen LogP contribution in [0.1, 0.15) is 13.8 Å². The third kappa shape index (κ3) is 2.07. The van der Waals surface area contributed by atoms with Gasteiger partial charge >= 0.3 is 0 Å². The summed E-state index contributed by atoms with van der Waals surface area (Å²) in [5.74, 6) is 0.832.